The predicted molar refractivity (Wildman–Crippen MR) is 66.6 cm³/mol. The molecule has 0 spiro atoms. The monoisotopic (exact) mass is 219 g/mol. The molecule has 88 valence electrons. The maximum atomic E-state index is 5.83. The van der Waals surface area contributed by atoms with Crippen LogP contribution in [-0.4, -0.2) is 13.2 Å². The van der Waals surface area contributed by atoms with Gasteiger partial charge in [0.05, 0.1) is 6.61 Å². The normalized spacial score (nSPS) is 20.1. The minimum atomic E-state index is 0.266. The molecule has 0 amide bonds. The highest BCUT2D eigenvalue weighted by Gasteiger charge is 2.32. The third-order valence-electron chi connectivity index (χ3n) is 3.77. The van der Waals surface area contributed by atoms with Crippen LogP contribution in [0.2, 0.25) is 0 Å². The minimum Gasteiger partial charge on any atom is -0.493 e. The van der Waals surface area contributed by atoms with Gasteiger partial charge in [0.25, 0.3) is 0 Å². The number of hydrogen-bond acceptors (Lipinski definition) is 2. The van der Waals surface area contributed by atoms with Crippen LogP contribution in [0.3, 0.4) is 0 Å². The Kier molecular flexibility index (Phi) is 3.20. The van der Waals surface area contributed by atoms with Crippen molar-refractivity contribution in [2.45, 2.75) is 26.7 Å². The summed E-state index contributed by atoms with van der Waals surface area (Å²) in [5, 5.41) is 0. The molecule has 2 heteroatoms. The quantitative estimate of drug-likeness (QED) is 0.848. The van der Waals surface area contributed by atoms with E-state index in [4.69, 9.17) is 10.5 Å². The standard InChI is InChI=1S/C14H21NO/c1-14(2,7-8-15)12-9-11-5-3-4-6-13(11)16-10-12/h3-6,12H,7-10,15H2,1-2H3. The number of rotatable bonds is 3. The van der Waals surface area contributed by atoms with E-state index < -0.39 is 0 Å². The third kappa shape index (κ3) is 2.22. The Bertz CT molecular complexity index is 360. The van der Waals surface area contributed by atoms with Gasteiger partial charge in [0.15, 0.2) is 0 Å². The number of nitrogens with two attached hydrogens (primary N) is 1. The maximum absolute atomic E-state index is 5.83. The molecule has 1 unspecified atom stereocenters. The average molecular weight is 219 g/mol. The van der Waals surface area contributed by atoms with E-state index in [0.29, 0.717) is 5.92 Å². The SMILES string of the molecule is CC(C)(CCN)C1COc2ccccc2C1. The van der Waals surface area contributed by atoms with Crippen molar-refractivity contribution in [3.05, 3.63) is 29.8 Å². The van der Waals surface area contributed by atoms with E-state index >= 15 is 0 Å². The number of hydrogen-bond donors (Lipinski definition) is 1. The van der Waals surface area contributed by atoms with Crippen molar-refractivity contribution in [1.29, 1.82) is 0 Å². The summed E-state index contributed by atoms with van der Waals surface area (Å²) < 4.78 is 5.83. The molecule has 0 saturated heterocycles. The van der Waals surface area contributed by atoms with Gasteiger partial charge in [-0.05, 0) is 36.4 Å². The zero-order valence-electron chi connectivity index (χ0n) is 10.2. The van der Waals surface area contributed by atoms with Crippen molar-refractivity contribution >= 4 is 0 Å². The predicted octanol–water partition coefficient (Wildman–Crippen LogP) is 2.61. The average Bonchev–Trinajstić information content (AvgIpc) is 2.28. The second-order valence-electron chi connectivity index (χ2n) is 5.35. The molecule has 1 aliphatic rings. The Hall–Kier alpha value is -1.02. The van der Waals surface area contributed by atoms with Crippen LogP contribution in [0.25, 0.3) is 0 Å². The molecule has 1 atom stereocenters. The van der Waals surface area contributed by atoms with E-state index in [0.717, 1.165) is 31.7 Å². The van der Waals surface area contributed by atoms with E-state index in [2.05, 4.69) is 32.0 Å². The first-order valence-corrected chi connectivity index (χ1v) is 6.04. The molecule has 1 aliphatic heterocycles. The van der Waals surface area contributed by atoms with Crippen LogP contribution in [0, 0.1) is 11.3 Å². The Morgan fingerprint density at radius 3 is 2.88 bits per heavy atom. The summed E-state index contributed by atoms with van der Waals surface area (Å²) in [6.45, 7) is 6.17. The highest BCUT2D eigenvalue weighted by molar-refractivity contribution is 5.35. The summed E-state index contributed by atoms with van der Waals surface area (Å²) in [6, 6.07) is 8.34. The molecule has 1 heterocycles. The minimum absolute atomic E-state index is 0.266. The molecular weight excluding hydrogens is 198 g/mol. The second kappa shape index (κ2) is 4.46. The molecule has 0 fully saturated rings. The molecule has 0 aromatic heterocycles. The second-order valence-corrected chi connectivity index (χ2v) is 5.35. The molecule has 2 N–H and O–H groups in total. The number of para-hydroxylation sites is 1. The van der Waals surface area contributed by atoms with Crippen molar-refractivity contribution in [2.24, 2.45) is 17.1 Å². The zero-order valence-corrected chi connectivity index (χ0v) is 10.2. The van der Waals surface area contributed by atoms with Gasteiger partial charge in [-0.2, -0.15) is 0 Å². The summed E-state index contributed by atoms with van der Waals surface area (Å²) in [6.07, 6.45) is 2.17. The molecule has 0 aliphatic carbocycles. The molecule has 2 rings (SSSR count). The van der Waals surface area contributed by atoms with Gasteiger partial charge in [-0.1, -0.05) is 32.0 Å². The van der Waals surface area contributed by atoms with Crippen LogP contribution in [0.15, 0.2) is 24.3 Å². The molecule has 1 aromatic rings. The highest BCUT2D eigenvalue weighted by atomic mass is 16.5. The Labute approximate surface area is 97.8 Å². The van der Waals surface area contributed by atoms with E-state index in [-0.39, 0.29) is 5.41 Å². The molecule has 0 saturated carbocycles. The lowest BCUT2D eigenvalue weighted by Gasteiger charge is -2.37. The third-order valence-corrected chi connectivity index (χ3v) is 3.77. The summed E-state index contributed by atoms with van der Waals surface area (Å²) in [7, 11) is 0. The molecular formula is C14H21NO. The van der Waals surface area contributed by atoms with Crippen LogP contribution in [-0.2, 0) is 6.42 Å². The van der Waals surface area contributed by atoms with Gasteiger partial charge in [0.2, 0.25) is 0 Å². The first-order valence-electron chi connectivity index (χ1n) is 6.04. The Morgan fingerprint density at radius 2 is 2.12 bits per heavy atom. The number of fused-ring (bicyclic) bond motifs is 1. The van der Waals surface area contributed by atoms with Crippen LogP contribution in [0.4, 0.5) is 0 Å². The van der Waals surface area contributed by atoms with Crippen LogP contribution in [0.1, 0.15) is 25.8 Å². The highest BCUT2D eigenvalue weighted by Crippen LogP contribution is 2.38. The van der Waals surface area contributed by atoms with Crippen molar-refractivity contribution < 1.29 is 4.74 Å². The Morgan fingerprint density at radius 1 is 1.38 bits per heavy atom. The van der Waals surface area contributed by atoms with Gasteiger partial charge in [0.1, 0.15) is 5.75 Å². The topological polar surface area (TPSA) is 35.2 Å². The lowest BCUT2D eigenvalue weighted by Crippen LogP contribution is -2.35. The van der Waals surface area contributed by atoms with Gasteiger partial charge in [-0.25, -0.2) is 0 Å². The summed E-state index contributed by atoms with van der Waals surface area (Å²) >= 11 is 0. The van der Waals surface area contributed by atoms with Gasteiger partial charge in [0, 0.05) is 5.92 Å². The number of benzene rings is 1. The lowest BCUT2D eigenvalue weighted by atomic mass is 9.73. The van der Waals surface area contributed by atoms with E-state index in [9.17, 15) is 0 Å². The molecule has 2 nitrogen and oxygen atoms in total. The molecule has 0 radical (unpaired) electrons. The van der Waals surface area contributed by atoms with Crippen molar-refractivity contribution in [3.63, 3.8) is 0 Å². The van der Waals surface area contributed by atoms with Crippen LogP contribution < -0.4 is 10.5 Å². The van der Waals surface area contributed by atoms with Gasteiger partial charge in [-0.3, -0.25) is 0 Å². The summed E-state index contributed by atoms with van der Waals surface area (Å²) in [5.74, 6) is 1.63. The van der Waals surface area contributed by atoms with Crippen molar-refractivity contribution in [2.75, 3.05) is 13.2 Å². The Balaban J connectivity index is 2.13. The lowest BCUT2D eigenvalue weighted by molar-refractivity contribution is 0.107. The van der Waals surface area contributed by atoms with Crippen molar-refractivity contribution in [3.8, 4) is 5.75 Å². The van der Waals surface area contributed by atoms with Gasteiger partial charge in [-0.15, -0.1) is 0 Å². The van der Waals surface area contributed by atoms with E-state index in [1.807, 2.05) is 6.07 Å². The molecule has 1 aromatic carbocycles. The van der Waals surface area contributed by atoms with E-state index in [1.165, 1.54) is 5.56 Å². The first kappa shape index (κ1) is 11.5. The van der Waals surface area contributed by atoms with Crippen molar-refractivity contribution in [1.82, 2.24) is 0 Å². The maximum Gasteiger partial charge on any atom is 0.122 e. The molecule has 0 bridgehead atoms. The summed E-state index contributed by atoms with van der Waals surface area (Å²) in [5.41, 5.74) is 7.28. The van der Waals surface area contributed by atoms with Gasteiger partial charge >= 0.3 is 0 Å². The summed E-state index contributed by atoms with van der Waals surface area (Å²) in [4.78, 5) is 0. The van der Waals surface area contributed by atoms with Crippen LogP contribution in [0.5, 0.6) is 5.75 Å². The van der Waals surface area contributed by atoms with Gasteiger partial charge < -0.3 is 10.5 Å². The first-order chi connectivity index (χ1) is 7.63. The fourth-order valence-electron chi connectivity index (χ4n) is 2.41. The smallest absolute Gasteiger partial charge is 0.122 e. The molecule has 16 heavy (non-hydrogen) atoms. The van der Waals surface area contributed by atoms with Crippen LogP contribution >= 0.6 is 0 Å². The van der Waals surface area contributed by atoms with E-state index in [1.54, 1.807) is 0 Å². The number of ether oxygens (including phenoxy) is 1. The zero-order chi connectivity index (χ0) is 11.6. The fourth-order valence-corrected chi connectivity index (χ4v) is 2.41. The largest absolute Gasteiger partial charge is 0.493 e. The fraction of sp³-hybridized carbons (Fsp3) is 0.571.